The molecule has 1 N–H and O–H groups in total. The second-order valence-corrected chi connectivity index (χ2v) is 12.3. The molecule has 0 spiro atoms. The number of aryl methyl sites for hydroxylation is 1. The number of aromatic hydroxyl groups is 1. The Labute approximate surface area is 256 Å². The number of anilines is 1. The van der Waals surface area contributed by atoms with Crippen LogP contribution in [0.15, 0.2) is 71.2 Å². The fraction of sp³-hybridized carbons (Fsp3) is 0.265. The summed E-state index contributed by atoms with van der Waals surface area (Å²) in [6, 6.07) is 18.4. The summed E-state index contributed by atoms with van der Waals surface area (Å²) in [4.78, 5) is 58.5. The summed E-state index contributed by atoms with van der Waals surface area (Å²) in [5.41, 5.74) is 3.39. The zero-order valence-corrected chi connectivity index (χ0v) is 25.3. The monoisotopic (exact) mass is 640 g/mol. The van der Waals surface area contributed by atoms with Crippen molar-refractivity contribution in [2.75, 3.05) is 11.5 Å². The SMILES string of the molecule is Cc1cc(Br)cc2c(C(=O)OCC(=O)c3ccccc3O)cc(-c3ccc(N4C(=O)C5CCC(C)CC5C4=O)cc3)nc12. The van der Waals surface area contributed by atoms with E-state index in [9.17, 15) is 24.3 Å². The van der Waals surface area contributed by atoms with Crippen LogP contribution in [-0.4, -0.2) is 40.3 Å². The minimum atomic E-state index is -0.711. The normalized spacial score (nSPS) is 19.9. The van der Waals surface area contributed by atoms with Gasteiger partial charge in [0.2, 0.25) is 17.6 Å². The quantitative estimate of drug-likeness (QED) is 0.143. The van der Waals surface area contributed by atoms with Crippen LogP contribution in [0.25, 0.3) is 22.2 Å². The fourth-order valence-electron chi connectivity index (χ4n) is 6.19. The van der Waals surface area contributed by atoms with Gasteiger partial charge in [-0.05, 0) is 80.1 Å². The molecule has 1 saturated heterocycles. The zero-order valence-electron chi connectivity index (χ0n) is 23.7. The number of aromatic nitrogens is 1. The van der Waals surface area contributed by atoms with Crippen LogP contribution in [0, 0.1) is 24.7 Å². The molecular weight excluding hydrogens is 612 g/mol. The summed E-state index contributed by atoms with van der Waals surface area (Å²) in [6.07, 6.45) is 2.42. The number of halogens is 1. The minimum Gasteiger partial charge on any atom is -0.507 e. The lowest BCUT2D eigenvalue weighted by molar-refractivity contribution is -0.122. The number of amides is 2. The number of carbonyl (C=O) groups is 4. The number of imide groups is 1. The van der Waals surface area contributed by atoms with Gasteiger partial charge in [0.1, 0.15) is 5.75 Å². The van der Waals surface area contributed by atoms with E-state index in [1.807, 2.05) is 13.0 Å². The van der Waals surface area contributed by atoms with Crippen LogP contribution >= 0.6 is 15.9 Å². The van der Waals surface area contributed by atoms with E-state index in [4.69, 9.17) is 9.72 Å². The third kappa shape index (κ3) is 5.33. The van der Waals surface area contributed by atoms with Gasteiger partial charge in [0.05, 0.1) is 39.9 Å². The van der Waals surface area contributed by atoms with Gasteiger partial charge in [-0.1, -0.05) is 47.1 Å². The molecule has 3 aromatic carbocycles. The van der Waals surface area contributed by atoms with Crippen LogP contribution in [-0.2, 0) is 14.3 Å². The van der Waals surface area contributed by atoms with Crippen molar-refractivity contribution in [1.29, 1.82) is 0 Å². The van der Waals surface area contributed by atoms with Crippen molar-refractivity contribution in [3.05, 3.63) is 87.9 Å². The molecule has 1 aliphatic heterocycles. The van der Waals surface area contributed by atoms with Crippen LogP contribution in [0.3, 0.4) is 0 Å². The highest BCUT2D eigenvalue weighted by molar-refractivity contribution is 9.10. The molecule has 0 radical (unpaired) electrons. The molecule has 1 saturated carbocycles. The molecule has 1 aliphatic carbocycles. The molecule has 2 aliphatic rings. The number of Topliss-reactive ketones (excluding diaryl/α,β-unsaturated/α-hetero) is 1. The van der Waals surface area contributed by atoms with Gasteiger partial charge in [-0.2, -0.15) is 0 Å². The molecule has 4 aromatic rings. The summed E-state index contributed by atoms with van der Waals surface area (Å²) < 4.78 is 6.17. The van der Waals surface area contributed by atoms with Crippen molar-refractivity contribution in [1.82, 2.24) is 4.98 Å². The number of hydrogen-bond acceptors (Lipinski definition) is 7. The van der Waals surface area contributed by atoms with Gasteiger partial charge in [-0.25, -0.2) is 9.78 Å². The predicted octanol–water partition coefficient (Wildman–Crippen LogP) is 6.64. The number of fused-ring (bicyclic) bond motifs is 2. The molecule has 2 fully saturated rings. The van der Waals surface area contributed by atoms with E-state index in [1.165, 1.54) is 17.0 Å². The molecule has 2 amide bonds. The molecule has 6 rings (SSSR count). The summed E-state index contributed by atoms with van der Waals surface area (Å²) in [5.74, 6) is -1.78. The van der Waals surface area contributed by atoms with Gasteiger partial charge < -0.3 is 9.84 Å². The van der Waals surface area contributed by atoms with Gasteiger partial charge in [-0.15, -0.1) is 0 Å². The highest BCUT2D eigenvalue weighted by Crippen LogP contribution is 2.42. The van der Waals surface area contributed by atoms with Crippen molar-refractivity contribution in [3.8, 4) is 17.0 Å². The second kappa shape index (κ2) is 11.4. The maximum atomic E-state index is 13.4. The average Bonchev–Trinajstić information content (AvgIpc) is 3.24. The topological polar surface area (TPSA) is 114 Å². The highest BCUT2D eigenvalue weighted by atomic mass is 79.9. The molecule has 2 heterocycles. The first-order valence-corrected chi connectivity index (χ1v) is 15.0. The summed E-state index contributed by atoms with van der Waals surface area (Å²) in [6.45, 7) is 3.46. The van der Waals surface area contributed by atoms with Crippen molar-refractivity contribution in [3.63, 3.8) is 0 Å². The summed E-state index contributed by atoms with van der Waals surface area (Å²) in [7, 11) is 0. The third-order valence-electron chi connectivity index (χ3n) is 8.44. The zero-order chi connectivity index (χ0) is 30.4. The molecule has 8 nitrogen and oxygen atoms in total. The largest absolute Gasteiger partial charge is 0.507 e. The molecule has 9 heteroatoms. The molecule has 0 bridgehead atoms. The van der Waals surface area contributed by atoms with Crippen LogP contribution < -0.4 is 4.90 Å². The Bertz CT molecular complexity index is 1800. The number of hydrogen-bond donors (Lipinski definition) is 1. The number of benzene rings is 3. The maximum absolute atomic E-state index is 13.4. The number of carbonyl (C=O) groups excluding carboxylic acids is 4. The number of para-hydroxylation sites is 1. The molecular formula is C34H29BrN2O6. The van der Waals surface area contributed by atoms with Gasteiger partial charge >= 0.3 is 5.97 Å². The van der Waals surface area contributed by atoms with E-state index >= 15 is 0 Å². The lowest BCUT2D eigenvalue weighted by Crippen LogP contribution is -2.30. The maximum Gasteiger partial charge on any atom is 0.339 e. The van der Waals surface area contributed by atoms with Gasteiger partial charge in [0.15, 0.2) is 6.61 Å². The van der Waals surface area contributed by atoms with Gasteiger partial charge in [0, 0.05) is 15.4 Å². The number of phenols is 1. The average molecular weight is 642 g/mol. The Balaban J connectivity index is 1.31. The number of nitrogens with zero attached hydrogens (tertiary/aromatic N) is 2. The molecule has 3 atom stereocenters. The number of ketones is 1. The number of ether oxygens (including phenoxy) is 1. The van der Waals surface area contributed by atoms with E-state index in [-0.39, 0.29) is 40.5 Å². The Morgan fingerprint density at radius 1 is 0.977 bits per heavy atom. The highest BCUT2D eigenvalue weighted by Gasteiger charge is 2.49. The lowest BCUT2D eigenvalue weighted by Gasteiger charge is -2.25. The van der Waals surface area contributed by atoms with Crippen LogP contribution in [0.4, 0.5) is 5.69 Å². The molecule has 3 unspecified atom stereocenters. The van der Waals surface area contributed by atoms with E-state index in [2.05, 4.69) is 22.9 Å². The van der Waals surface area contributed by atoms with E-state index < -0.39 is 18.4 Å². The molecule has 1 aromatic heterocycles. The first-order chi connectivity index (χ1) is 20.6. The first kappa shape index (κ1) is 28.7. The van der Waals surface area contributed by atoms with Gasteiger partial charge in [0.25, 0.3) is 0 Å². The standard InChI is InChI=1S/C34H29BrN2O6/c1-18-7-12-23-26(13-18)33(41)37(32(23)40)22-10-8-20(9-11-22)28-16-27(25-15-21(35)14-19(2)31(25)36-28)34(42)43-17-30(39)24-5-3-4-6-29(24)38/h3-6,8-11,14-16,18,23,26,38H,7,12-13,17H2,1-2H3. The van der Waals surface area contributed by atoms with E-state index in [0.29, 0.717) is 33.8 Å². The molecule has 218 valence electrons. The van der Waals surface area contributed by atoms with Crippen LogP contribution in [0.5, 0.6) is 5.75 Å². The Morgan fingerprint density at radius 3 is 2.44 bits per heavy atom. The Morgan fingerprint density at radius 2 is 1.70 bits per heavy atom. The lowest BCUT2D eigenvalue weighted by atomic mass is 9.76. The van der Waals surface area contributed by atoms with E-state index in [1.54, 1.807) is 48.5 Å². The minimum absolute atomic E-state index is 0.0676. The fourth-order valence-corrected chi connectivity index (χ4v) is 6.77. The Hall–Kier alpha value is -4.37. The number of phenolic OH excluding ortho intramolecular Hbond substituents is 1. The second-order valence-electron chi connectivity index (χ2n) is 11.4. The van der Waals surface area contributed by atoms with Crippen molar-refractivity contribution in [2.45, 2.75) is 33.1 Å². The third-order valence-corrected chi connectivity index (χ3v) is 8.89. The Kier molecular flexibility index (Phi) is 7.60. The van der Waals surface area contributed by atoms with E-state index in [0.717, 1.165) is 29.3 Å². The van der Waals surface area contributed by atoms with Crippen LogP contribution in [0.1, 0.15) is 52.5 Å². The summed E-state index contributed by atoms with van der Waals surface area (Å²) in [5, 5.41) is 10.5. The number of esters is 1. The molecule has 43 heavy (non-hydrogen) atoms. The number of pyridine rings is 1. The van der Waals surface area contributed by atoms with Crippen molar-refractivity contribution >= 4 is 56.1 Å². The smallest absolute Gasteiger partial charge is 0.339 e. The van der Waals surface area contributed by atoms with Crippen LogP contribution in [0.2, 0.25) is 0 Å². The summed E-state index contributed by atoms with van der Waals surface area (Å²) >= 11 is 3.48. The van der Waals surface area contributed by atoms with Gasteiger partial charge in [-0.3, -0.25) is 19.3 Å². The van der Waals surface area contributed by atoms with Crippen molar-refractivity contribution in [2.24, 2.45) is 17.8 Å². The van der Waals surface area contributed by atoms with Crippen molar-refractivity contribution < 1.29 is 29.0 Å². The predicted molar refractivity (Wildman–Crippen MR) is 165 cm³/mol. The first-order valence-electron chi connectivity index (χ1n) is 14.2. The number of rotatable bonds is 6.